The summed E-state index contributed by atoms with van der Waals surface area (Å²) in [7, 11) is 0. The molecule has 1 saturated heterocycles. The highest BCUT2D eigenvalue weighted by Gasteiger charge is 2.28. The van der Waals surface area contributed by atoms with Crippen LogP contribution in [0.2, 0.25) is 0 Å². The van der Waals surface area contributed by atoms with Crippen molar-refractivity contribution in [1.82, 2.24) is 10.2 Å². The van der Waals surface area contributed by atoms with E-state index in [9.17, 15) is 0 Å². The third-order valence-electron chi connectivity index (χ3n) is 4.48. The standard InChI is InChI=1S/C17H30N2S/c1-12(2)18-9-16-6-7-17(20-16)11-19-10-13(3)8-14(4)15(19)5/h6-7,12-15,18H,8-11H2,1-5H3. The molecule has 1 aromatic heterocycles. The summed E-state index contributed by atoms with van der Waals surface area (Å²) >= 11 is 1.97. The first-order valence-electron chi connectivity index (χ1n) is 8.00. The Labute approximate surface area is 128 Å². The molecule has 0 bridgehead atoms. The molecule has 3 heteroatoms. The second-order valence-electron chi connectivity index (χ2n) is 6.89. The third kappa shape index (κ3) is 4.31. The van der Waals surface area contributed by atoms with E-state index < -0.39 is 0 Å². The second kappa shape index (κ2) is 7.06. The van der Waals surface area contributed by atoms with Crippen LogP contribution < -0.4 is 5.32 Å². The molecule has 3 unspecified atom stereocenters. The van der Waals surface area contributed by atoms with E-state index in [1.165, 1.54) is 22.7 Å². The molecule has 114 valence electrons. The van der Waals surface area contributed by atoms with E-state index in [0.717, 1.165) is 24.9 Å². The average molecular weight is 295 g/mol. The van der Waals surface area contributed by atoms with Gasteiger partial charge in [-0.3, -0.25) is 4.90 Å². The highest BCUT2D eigenvalue weighted by molar-refractivity contribution is 7.11. The van der Waals surface area contributed by atoms with Crippen LogP contribution in [0.1, 0.15) is 50.8 Å². The van der Waals surface area contributed by atoms with Crippen LogP contribution in [0.25, 0.3) is 0 Å². The minimum atomic E-state index is 0.560. The van der Waals surface area contributed by atoms with Crippen LogP contribution in [0.15, 0.2) is 12.1 Å². The van der Waals surface area contributed by atoms with Gasteiger partial charge in [0, 0.05) is 41.5 Å². The van der Waals surface area contributed by atoms with Crippen LogP contribution >= 0.6 is 11.3 Å². The Kier molecular flexibility index (Phi) is 5.65. The van der Waals surface area contributed by atoms with Crippen molar-refractivity contribution < 1.29 is 0 Å². The summed E-state index contributed by atoms with van der Waals surface area (Å²) in [6.07, 6.45) is 1.38. The van der Waals surface area contributed by atoms with Crippen molar-refractivity contribution >= 4 is 11.3 Å². The van der Waals surface area contributed by atoms with Crippen molar-refractivity contribution in [3.8, 4) is 0 Å². The highest BCUT2D eigenvalue weighted by atomic mass is 32.1. The predicted molar refractivity (Wildman–Crippen MR) is 89.1 cm³/mol. The van der Waals surface area contributed by atoms with Crippen molar-refractivity contribution in [3.05, 3.63) is 21.9 Å². The maximum absolute atomic E-state index is 3.50. The lowest BCUT2D eigenvalue weighted by atomic mass is 9.86. The van der Waals surface area contributed by atoms with E-state index in [1.54, 1.807) is 0 Å². The Morgan fingerprint density at radius 2 is 1.95 bits per heavy atom. The minimum absolute atomic E-state index is 0.560. The lowest BCUT2D eigenvalue weighted by Gasteiger charge is -2.40. The van der Waals surface area contributed by atoms with Gasteiger partial charge >= 0.3 is 0 Å². The van der Waals surface area contributed by atoms with E-state index in [0.29, 0.717) is 12.1 Å². The van der Waals surface area contributed by atoms with Gasteiger partial charge in [-0.05, 0) is 37.3 Å². The number of rotatable bonds is 5. The van der Waals surface area contributed by atoms with Crippen LogP contribution in [0.4, 0.5) is 0 Å². The van der Waals surface area contributed by atoms with Gasteiger partial charge in [0.05, 0.1) is 0 Å². The predicted octanol–water partition coefficient (Wildman–Crippen LogP) is 4.11. The number of hydrogen-bond acceptors (Lipinski definition) is 3. The Hall–Kier alpha value is -0.380. The van der Waals surface area contributed by atoms with Crippen LogP contribution in [-0.4, -0.2) is 23.5 Å². The van der Waals surface area contributed by atoms with Gasteiger partial charge in [-0.1, -0.05) is 27.7 Å². The third-order valence-corrected chi connectivity index (χ3v) is 5.55. The van der Waals surface area contributed by atoms with Crippen LogP contribution in [0.3, 0.4) is 0 Å². The molecule has 1 fully saturated rings. The first-order chi connectivity index (χ1) is 9.45. The molecule has 1 aromatic rings. The zero-order valence-corrected chi connectivity index (χ0v) is 14.5. The molecular formula is C17H30N2S. The van der Waals surface area contributed by atoms with E-state index >= 15 is 0 Å². The van der Waals surface area contributed by atoms with Crippen molar-refractivity contribution in [2.75, 3.05) is 6.54 Å². The largest absolute Gasteiger partial charge is 0.310 e. The van der Waals surface area contributed by atoms with Gasteiger partial charge in [-0.15, -0.1) is 11.3 Å². The Morgan fingerprint density at radius 3 is 2.65 bits per heavy atom. The van der Waals surface area contributed by atoms with Gasteiger partial charge < -0.3 is 5.32 Å². The van der Waals surface area contributed by atoms with Gasteiger partial charge in [-0.2, -0.15) is 0 Å². The fourth-order valence-corrected chi connectivity index (χ4v) is 4.14. The number of nitrogens with one attached hydrogen (secondary N) is 1. The summed E-state index contributed by atoms with van der Waals surface area (Å²) in [5, 5.41) is 3.50. The molecule has 0 saturated carbocycles. The van der Waals surface area contributed by atoms with Crippen molar-refractivity contribution in [2.24, 2.45) is 11.8 Å². The summed E-state index contributed by atoms with van der Waals surface area (Å²) in [5.41, 5.74) is 0. The fraction of sp³-hybridized carbons (Fsp3) is 0.765. The fourth-order valence-electron chi connectivity index (χ4n) is 3.15. The second-order valence-corrected chi connectivity index (χ2v) is 8.14. The molecule has 1 N–H and O–H groups in total. The molecule has 0 spiro atoms. The molecule has 2 heterocycles. The van der Waals surface area contributed by atoms with E-state index in [4.69, 9.17) is 0 Å². The van der Waals surface area contributed by atoms with Crippen molar-refractivity contribution in [1.29, 1.82) is 0 Å². The Bertz CT molecular complexity index is 413. The van der Waals surface area contributed by atoms with E-state index in [1.807, 2.05) is 11.3 Å². The van der Waals surface area contributed by atoms with Gasteiger partial charge in [0.1, 0.15) is 0 Å². The molecule has 20 heavy (non-hydrogen) atoms. The summed E-state index contributed by atoms with van der Waals surface area (Å²) in [6, 6.07) is 5.88. The topological polar surface area (TPSA) is 15.3 Å². The maximum atomic E-state index is 3.50. The molecule has 0 aromatic carbocycles. The molecule has 0 radical (unpaired) electrons. The Balaban J connectivity index is 1.92. The summed E-state index contributed by atoms with van der Waals surface area (Å²) in [6.45, 7) is 15.0. The van der Waals surface area contributed by atoms with Crippen molar-refractivity contribution in [2.45, 2.75) is 66.2 Å². The molecular weight excluding hydrogens is 264 g/mol. The van der Waals surface area contributed by atoms with Gasteiger partial charge in [0.25, 0.3) is 0 Å². The summed E-state index contributed by atoms with van der Waals surface area (Å²) < 4.78 is 0. The minimum Gasteiger partial charge on any atom is -0.310 e. The van der Waals surface area contributed by atoms with Crippen LogP contribution in [-0.2, 0) is 13.1 Å². The number of nitrogens with zero attached hydrogens (tertiary/aromatic N) is 1. The zero-order valence-electron chi connectivity index (χ0n) is 13.6. The Morgan fingerprint density at radius 1 is 1.25 bits per heavy atom. The van der Waals surface area contributed by atoms with Crippen LogP contribution in [0, 0.1) is 11.8 Å². The maximum Gasteiger partial charge on any atom is 0.0331 e. The summed E-state index contributed by atoms with van der Waals surface area (Å²) in [4.78, 5) is 5.64. The van der Waals surface area contributed by atoms with Crippen molar-refractivity contribution in [3.63, 3.8) is 0 Å². The monoisotopic (exact) mass is 294 g/mol. The quantitative estimate of drug-likeness (QED) is 0.879. The first kappa shape index (κ1) is 16.0. The average Bonchev–Trinajstić information content (AvgIpc) is 2.80. The van der Waals surface area contributed by atoms with E-state index in [-0.39, 0.29) is 0 Å². The first-order valence-corrected chi connectivity index (χ1v) is 8.82. The van der Waals surface area contributed by atoms with Gasteiger partial charge in [0.15, 0.2) is 0 Å². The molecule has 0 aliphatic carbocycles. The van der Waals surface area contributed by atoms with Gasteiger partial charge in [0.2, 0.25) is 0 Å². The lowest BCUT2D eigenvalue weighted by molar-refractivity contribution is 0.0739. The van der Waals surface area contributed by atoms with Crippen LogP contribution in [0.5, 0.6) is 0 Å². The SMILES string of the molecule is CC1CC(C)C(C)N(Cc2ccc(CNC(C)C)s2)C1. The van der Waals surface area contributed by atoms with Gasteiger partial charge in [-0.25, -0.2) is 0 Å². The zero-order chi connectivity index (χ0) is 14.7. The molecule has 1 aliphatic heterocycles. The number of hydrogen-bond donors (Lipinski definition) is 1. The number of likely N-dealkylation sites (tertiary alicyclic amines) is 1. The lowest BCUT2D eigenvalue weighted by Crippen LogP contribution is -2.44. The molecule has 1 aliphatic rings. The smallest absolute Gasteiger partial charge is 0.0331 e. The number of piperidine rings is 1. The van der Waals surface area contributed by atoms with E-state index in [2.05, 4.69) is 57.0 Å². The molecule has 2 rings (SSSR count). The highest BCUT2D eigenvalue weighted by Crippen LogP contribution is 2.29. The molecule has 0 amide bonds. The summed E-state index contributed by atoms with van der Waals surface area (Å²) in [5.74, 6) is 1.66. The normalized spacial score (nSPS) is 28.2. The molecule has 2 nitrogen and oxygen atoms in total. The number of thiophene rings is 1. The molecule has 3 atom stereocenters.